The molecule has 118 valence electrons. The zero-order valence-electron chi connectivity index (χ0n) is 12.8. The average Bonchev–Trinajstić information content (AvgIpc) is 2.54. The van der Waals surface area contributed by atoms with Crippen LogP contribution in [0.2, 0.25) is 0 Å². The van der Waals surface area contributed by atoms with Crippen molar-refractivity contribution in [3.8, 4) is 0 Å². The third kappa shape index (κ3) is 2.78. The summed E-state index contributed by atoms with van der Waals surface area (Å²) in [6, 6.07) is 7.74. The molecule has 0 radical (unpaired) electrons. The van der Waals surface area contributed by atoms with Crippen LogP contribution in [0.4, 0.5) is 5.82 Å². The molecule has 7 heteroatoms. The fourth-order valence-corrected chi connectivity index (χ4v) is 3.84. The van der Waals surface area contributed by atoms with Gasteiger partial charge in [-0.15, -0.1) is 0 Å². The third-order valence-electron chi connectivity index (χ3n) is 3.95. The molecule has 0 N–H and O–H groups in total. The van der Waals surface area contributed by atoms with Crippen molar-refractivity contribution in [3.05, 3.63) is 30.5 Å². The number of fused-ring (bicyclic) bond motifs is 1. The quantitative estimate of drug-likeness (QED) is 0.857. The molecular formula is C15H20N4O2S. The van der Waals surface area contributed by atoms with Crippen LogP contribution >= 0.6 is 0 Å². The first kappa shape index (κ1) is 15.2. The van der Waals surface area contributed by atoms with Gasteiger partial charge in [-0.25, -0.2) is 13.4 Å². The highest BCUT2D eigenvalue weighted by Crippen LogP contribution is 2.19. The normalized spacial score (nSPS) is 17.3. The summed E-state index contributed by atoms with van der Waals surface area (Å²) in [4.78, 5) is 11.1. The number of sulfonamides is 1. The summed E-state index contributed by atoms with van der Waals surface area (Å²) in [6.45, 7) is 5.70. The predicted octanol–water partition coefficient (Wildman–Crippen LogP) is 1.49. The minimum atomic E-state index is -3.17. The Morgan fingerprint density at radius 3 is 2.32 bits per heavy atom. The van der Waals surface area contributed by atoms with E-state index < -0.39 is 10.0 Å². The molecule has 1 aliphatic heterocycles. The molecule has 0 amide bonds. The van der Waals surface area contributed by atoms with Crippen LogP contribution in [0.1, 0.15) is 13.8 Å². The van der Waals surface area contributed by atoms with Crippen LogP contribution in [0.25, 0.3) is 11.0 Å². The van der Waals surface area contributed by atoms with E-state index in [-0.39, 0.29) is 5.25 Å². The van der Waals surface area contributed by atoms with Crippen molar-refractivity contribution in [2.45, 2.75) is 19.1 Å². The number of hydrogen-bond acceptors (Lipinski definition) is 5. The van der Waals surface area contributed by atoms with Gasteiger partial charge in [-0.2, -0.15) is 4.31 Å². The Kier molecular flexibility index (Phi) is 4.01. The standard InChI is InChI=1S/C15H20N4O2S/c1-12(2)22(20,21)19-9-7-18(8-10-19)15-11-16-13-5-3-4-6-14(13)17-15/h3-6,11-12H,7-10H2,1-2H3. The fourth-order valence-electron chi connectivity index (χ4n) is 2.57. The molecule has 3 rings (SSSR count). The van der Waals surface area contributed by atoms with Crippen LogP contribution in [0.5, 0.6) is 0 Å². The summed E-state index contributed by atoms with van der Waals surface area (Å²) in [5.41, 5.74) is 1.73. The van der Waals surface area contributed by atoms with Crippen molar-refractivity contribution in [1.29, 1.82) is 0 Å². The number of rotatable bonds is 3. The highest BCUT2D eigenvalue weighted by Gasteiger charge is 2.29. The number of nitrogens with zero attached hydrogens (tertiary/aromatic N) is 4. The Balaban J connectivity index is 1.75. The molecule has 0 saturated carbocycles. The summed E-state index contributed by atoms with van der Waals surface area (Å²) in [7, 11) is -3.17. The molecule has 0 atom stereocenters. The minimum Gasteiger partial charge on any atom is -0.353 e. The van der Waals surface area contributed by atoms with Gasteiger partial charge in [0.15, 0.2) is 0 Å². The molecule has 0 spiro atoms. The summed E-state index contributed by atoms with van der Waals surface area (Å²) in [6.07, 6.45) is 1.76. The van der Waals surface area contributed by atoms with Crippen molar-refractivity contribution in [1.82, 2.24) is 14.3 Å². The second kappa shape index (κ2) is 5.81. The molecule has 1 aromatic heterocycles. The maximum absolute atomic E-state index is 12.2. The number of anilines is 1. The fraction of sp³-hybridized carbons (Fsp3) is 0.467. The van der Waals surface area contributed by atoms with Crippen LogP contribution in [0, 0.1) is 0 Å². The lowest BCUT2D eigenvalue weighted by molar-refractivity contribution is 0.380. The Morgan fingerprint density at radius 1 is 1.05 bits per heavy atom. The van der Waals surface area contributed by atoms with E-state index in [4.69, 9.17) is 0 Å². The zero-order chi connectivity index (χ0) is 15.7. The molecule has 1 aliphatic rings. The van der Waals surface area contributed by atoms with Gasteiger partial charge in [-0.3, -0.25) is 4.98 Å². The first-order valence-electron chi connectivity index (χ1n) is 7.44. The van der Waals surface area contributed by atoms with E-state index in [1.807, 2.05) is 24.3 Å². The lowest BCUT2D eigenvalue weighted by Gasteiger charge is -2.35. The molecular weight excluding hydrogens is 300 g/mol. The van der Waals surface area contributed by atoms with E-state index in [1.165, 1.54) is 0 Å². The lowest BCUT2D eigenvalue weighted by Crippen LogP contribution is -2.50. The Hall–Kier alpha value is -1.73. The average molecular weight is 320 g/mol. The van der Waals surface area contributed by atoms with Crippen LogP contribution in [0.3, 0.4) is 0 Å². The predicted molar refractivity (Wildman–Crippen MR) is 87.4 cm³/mol. The first-order valence-corrected chi connectivity index (χ1v) is 8.94. The topological polar surface area (TPSA) is 66.4 Å². The highest BCUT2D eigenvalue weighted by molar-refractivity contribution is 7.89. The van der Waals surface area contributed by atoms with Crippen molar-refractivity contribution in [2.75, 3.05) is 31.1 Å². The van der Waals surface area contributed by atoms with E-state index in [1.54, 1.807) is 24.3 Å². The van der Waals surface area contributed by atoms with Gasteiger partial charge in [0, 0.05) is 26.2 Å². The van der Waals surface area contributed by atoms with Crippen LogP contribution < -0.4 is 4.90 Å². The molecule has 0 unspecified atom stereocenters. The van der Waals surface area contributed by atoms with Gasteiger partial charge in [-0.05, 0) is 26.0 Å². The van der Waals surface area contributed by atoms with Crippen LogP contribution in [-0.4, -0.2) is 54.1 Å². The van der Waals surface area contributed by atoms with Gasteiger partial charge in [0.2, 0.25) is 10.0 Å². The maximum atomic E-state index is 12.2. The van der Waals surface area contributed by atoms with E-state index in [0.717, 1.165) is 16.9 Å². The summed E-state index contributed by atoms with van der Waals surface area (Å²) < 4.78 is 25.9. The number of hydrogen-bond donors (Lipinski definition) is 0. The molecule has 0 bridgehead atoms. The summed E-state index contributed by atoms with van der Waals surface area (Å²) in [5.74, 6) is 0.806. The molecule has 6 nitrogen and oxygen atoms in total. The van der Waals surface area contributed by atoms with Crippen LogP contribution in [0.15, 0.2) is 30.5 Å². The van der Waals surface area contributed by atoms with Crippen molar-refractivity contribution in [3.63, 3.8) is 0 Å². The molecule has 22 heavy (non-hydrogen) atoms. The Labute approximate surface area is 130 Å². The molecule has 1 aromatic carbocycles. The van der Waals surface area contributed by atoms with E-state index >= 15 is 0 Å². The number of piperazine rings is 1. The van der Waals surface area contributed by atoms with Crippen molar-refractivity contribution >= 4 is 26.9 Å². The Morgan fingerprint density at radius 2 is 1.68 bits per heavy atom. The maximum Gasteiger partial charge on any atom is 0.216 e. The molecule has 2 aromatic rings. The summed E-state index contributed by atoms with van der Waals surface area (Å²) in [5, 5.41) is -0.375. The second-order valence-electron chi connectivity index (χ2n) is 5.70. The molecule has 1 saturated heterocycles. The van der Waals surface area contributed by atoms with Crippen LogP contribution in [-0.2, 0) is 10.0 Å². The molecule has 1 fully saturated rings. The number of para-hydroxylation sites is 2. The highest BCUT2D eigenvalue weighted by atomic mass is 32.2. The van der Waals surface area contributed by atoms with Crippen molar-refractivity contribution in [2.24, 2.45) is 0 Å². The van der Waals surface area contributed by atoms with E-state index in [2.05, 4.69) is 14.9 Å². The molecule has 0 aliphatic carbocycles. The smallest absolute Gasteiger partial charge is 0.216 e. The van der Waals surface area contributed by atoms with E-state index in [9.17, 15) is 8.42 Å². The van der Waals surface area contributed by atoms with Gasteiger partial charge in [0.25, 0.3) is 0 Å². The third-order valence-corrected chi connectivity index (χ3v) is 6.23. The van der Waals surface area contributed by atoms with Gasteiger partial charge < -0.3 is 4.90 Å². The second-order valence-corrected chi connectivity index (χ2v) is 8.19. The first-order chi connectivity index (χ1) is 10.5. The van der Waals surface area contributed by atoms with Crippen molar-refractivity contribution < 1.29 is 8.42 Å². The summed E-state index contributed by atoms with van der Waals surface area (Å²) >= 11 is 0. The zero-order valence-corrected chi connectivity index (χ0v) is 13.6. The van der Waals surface area contributed by atoms with Gasteiger partial charge in [0.05, 0.1) is 22.5 Å². The Bertz CT molecular complexity index is 768. The van der Waals surface area contributed by atoms with E-state index in [0.29, 0.717) is 26.2 Å². The SMILES string of the molecule is CC(C)S(=O)(=O)N1CCN(c2cnc3ccccc3n2)CC1. The monoisotopic (exact) mass is 320 g/mol. The number of aromatic nitrogens is 2. The van der Waals surface area contributed by atoms with Gasteiger partial charge in [0.1, 0.15) is 5.82 Å². The lowest BCUT2D eigenvalue weighted by atomic mass is 10.3. The molecule has 2 heterocycles. The van der Waals surface area contributed by atoms with Gasteiger partial charge in [-0.1, -0.05) is 12.1 Å². The number of benzene rings is 1. The van der Waals surface area contributed by atoms with Gasteiger partial charge >= 0.3 is 0 Å². The minimum absolute atomic E-state index is 0.375. The largest absolute Gasteiger partial charge is 0.353 e.